The van der Waals surface area contributed by atoms with Crippen LogP contribution in [0.1, 0.15) is 20.8 Å². The number of carboxylic acid groups (broad SMARTS) is 1. The van der Waals surface area contributed by atoms with Crippen molar-refractivity contribution < 1.29 is 33.5 Å². The van der Waals surface area contributed by atoms with Gasteiger partial charge in [0.25, 0.3) is 0 Å². The molecule has 0 bridgehead atoms. The van der Waals surface area contributed by atoms with Gasteiger partial charge >= 0.3 is 24.8 Å². The van der Waals surface area contributed by atoms with Crippen molar-refractivity contribution in [1.29, 1.82) is 0 Å². The topological polar surface area (TPSA) is 46.5 Å². The van der Waals surface area contributed by atoms with Gasteiger partial charge in [0, 0.05) is 0 Å². The van der Waals surface area contributed by atoms with E-state index in [9.17, 15) is 4.79 Å². The van der Waals surface area contributed by atoms with Crippen molar-refractivity contribution in [2.24, 2.45) is 0 Å². The molecule has 0 aliphatic carbocycles. The van der Waals surface area contributed by atoms with Crippen LogP contribution in [0.15, 0.2) is 0 Å². The molecule has 0 fully saturated rings. The van der Waals surface area contributed by atoms with Gasteiger partial charge in [-0.1, -0.05) is 0 Å². The average molecular weight is 154 g/mol. The molecular weight excluding hydrogens is 139 g/mol. The van der Waals surface area contributed by atoms with Gasteiger partial charge in [-0.2, -0.15) is 6.92 Å². The first-order chi connectivity index (χ1) is 4.63. The van der Waals surface area contributed by atoms with E-state index in [1.165, 1.54) is 0 Å². The molecule has 0 rings (SSSR count). The Morgan fingerprint density at radius 3 is 2.00 bits per heavy atom. The third-order valence-electron chi connectivity index (χ3n) is 0.540. The molecule has 0 atom stereocenters. The number of carbonyl (C=O) groups is 1. The fraction of sp³-hybridized carbons (Fsp3) is 0.714. The molecule has 0 aliphatic heterocycles. The van der Waals surface area contributed by atoms with Crippen LogP contribution < -0.4 is 18.9 Å². The fourth-order valence-electron chi connectivity index (χ4n) is 0.238. The molecule has 0 unspecified atom stereocenters. The van der Waals surface area contributed by atoms with Gasteiger partial charge < -0.3 is 16.8 Å². The average Bonchev–Trinajstić information content (AvgIpc) is 1.89. The second kappa shape index (κ2) is 12.7. The number of hydrogen-bond acceptors (Lipinski definition) is 2. The summed E-state index contributed by atoms with van der Waals surface area (Å²) in [6.45, 7) is 8.39. The van der Waals surface area contributed by atoms with Crippen molar-refractivity contribution in [2.45, 2.75) is 26.9 Å². The summed E-state index contributed by atoms with van der Waals surface area (Å²) in [4.78, 5) is 9.78. The Balaban J connectivity index is -0.000000196. The zero-order valence-electron chi connectivity index (χ0n) is 7.76. The molecule has 62 valence electrons. The largest absolute Gasteiger partial charge is 1.00 e. The third kappa shape index (κ3) is 25.6. The van der Waals surface area contributed by atoms with Crippen molar-refractivity contribution in [3.05, 3.63) is 6.92 Å². The molecule has 11 heavy (non-hydrogen) atoms. The van der Waals surface area contributed by atoms with Crippen LogP contribution in [0.5, 0.6) is 0 Å². The van der Waals surface area contributed by atoms with Gasteiger partial charge in [-0.05, 0) is 13.8 Å². The zero-order valence-corrected chi connectivity index (χ0v) is 7.76. The Morgan fingerprint density at radius 2 is 1.91 bits per heavy atom. The van der Waals surface area contributed by atoms with Crippen molar-refractivity contribution in [3.8, 4) is 0 Å². The fourth-order valence-corrected chi connectivity index (χ4v) is 0.238. The summed E-state index contributed by atoms with van der Waals surface area (Å²) >= 11 is 0. The van der Waals surface area contributed by atoms with Gasteiger partial charge in [0.05, 0.1) is 6.10 Å². The molecule has 0 spiro atoms. The Hall–Kier alpha value is 0.0274. The van der Waals surface area contributed by atoms with Crippen LogP contribution in [-0.4, -0.2) is 23.8 Å². The summed E-state index contributed by atoms with van der Waals surface area (Å²) in [5.74, 6) is -0.918. The van der Waals surface area contributed by atoms with Gasteiger partial charge in [0.15, 0.2) is 0 Å². The van der Waals surface area contributed by atoms with E-state index in [4.69, 9.17) is 9.84 Å². The second-order valence-corrected chi connectivity index (χ2v) is 1.75. The first kappa shape index (κ1) is 17.2. The van der Waals surface area contributed by atoms with Crippen LogP contribution in [-0.2, 0) is 9.53 Å². The van der Waals surface area contributed by atoms with E-state index in [0.717, 1.165) is 0 Å². The van der Waals surface area contributed by atoms with Gasteiger partial charge in [-0.15, -0.1) is 0 Å². The second-order valence-electron chi connectivity index (χ2n) is 1.75. The maximum atomic E-state index is 9.78. The summed E-state index contributed by atoms with van der Waals surface area (Å²) in [6.07, 6.45) is 0.00565. The molecule has 0 saturated heterocycles. The van der Waals surface area contributed by atoms with E-state index in [-0.39, 0.29) is 31.6 Å². The molecule has 0 aromatic rings. The van der Waals surface area contributed by atoms with Crippen LogP contribution in [0.2, 0.25) is 0 Å². The normalized spacial score (nSPS) is 7.73. The van der Waals surface area contributed by atoms with Crippen LogP contribution in [0.4, 0.5) is 0 Å². The minimum atomic E-state index is -0.918. The molecule has 0 heterocycles. The Kier molecular flexibility index (Phi) is 19.8. The number of rotatable bonds is 3. The quantitative estimate of drug-likeness (QED) is 0.391. The molecule has 1 N–H and O–H groups in total. The minimum Gasteiger partial charge on any atom is -0.480 e. The molecule has 0 aromatic heterocycles. The Morgan fingerprint density at radius 1 is 1.55 bits per heavy atom. The van der Waals surface area contributed by atoms with E-state index >= 15 is 0 Å². The summed E-state index contributed by atoms with van der Waals surface area (Å²) in [7, 11) is 0. The third-order valence-corrected chi connectivity index (χ3v) is 0.540. The van der Waals surface area contributed by atoms with Crippen LogP contribution in [0.25, 0.3) is 0 Å². The van der Waals surface area contributed by atoms with E-state index in [1.54, 1.807) is 20.8 Å². The first-order valence-corrected chi connectivity index (χ1v) is 3.17. The smallest absolute Gasteiger partial charge is 0.480 e. The molecule has 0 radical (unpaired) electrons. The zero-order chi connectivity index (χ0) is 8.57. The SMILES string of the molecule is CC(C)OCC(=O)O.[CH2-]C.[Li+]. The van der Waals surface area contributed by atoms with Crippen LogP contribution in [0, 0.1) is 6.92 Å². The summed E-state index contributed by atoms with van der Waals surface area (Å²) < 4.78 is 4.70. The molecular formula is C7H15LiO3. The van der Waals surface area contributed by atoms with Crippen LogP contribution >= 0.6 is 0 Å². The molecule has 0 saturated carbocycles. The van der Waals surface area contributed by atoms with Gasteiger partial charge in [-0.3, -0.25) is 0 Å². The summed E-state index contributed by atoms with van der Waals surface area (Å²) in [6, 6.07) is 0. The number of ether oxygens (including phenoxy) is 1. The van der Waals surface area contributed by atoms with Crippen molar-refractivity contribution in [2.75, 3.05) is 6.61 Å². The van der Waals surface area contributed by atoms with Crippen molar-refractivity contribution in [1.82, 2.24) is 0 Å². The predicted molar refractivity (Wildman–Crippen MR) is 39.8 cm³/mol. The van der Waals surface area contributed by atoms with E-state index < -0.39 is 5.97 Å². The van der Waals surface area contributed by atoms with E-state index in [0.29, 0.717) is 0 Å². The first-order valence-electron chi connectivity index (χ1n) is 3.17. The Labute approximate surface area is 80.3 Å². The molecule has 0 aromatic carbocycles. The molecule has 4 heteroatoms. The minimum absolute atomic E-state index is 0. The summed E-state index contributed by atoms with van der Waals surface area (Å²) in [5, 5.41) is 8.04. The maximum absolute atomic E-state index is 9.78. The van der Waals surface area contributed by atoms with Crippen LogP contribution in [0.3, 0.4) is 0 Å². The Bertz CT molecular complexity index is 83.8. The van der Waals surface area contributed by atoms with Gasteiger partial charge in [-0.25, -0.2) is 4.79 Å². The monoisotopic (exact) mass is 154 g/mol. The van der Waals surface area contributed by atoms with Gasteiger partial charge in [0.1, 0.15) is 6.61 Å². The van der Waals surface area contributed by atoms with Gasteiger partial charge in [0.2, 0.25) is 0 Å². The molecule has 0 aliphatic rings. The maximum Gasteiger partial charge on any atom is 1.00 e. The number of aliphatic carboxylic acids is 1. The molecule has 3 nitrogen and oxygen atoms in total. The van der Waals surface area contributed by atoms with E-state index in [1.807, 2.05) is 0 Å². The molecule has 0 amide bonds. The van der Waals surface area contributed by atoms with Crippen molar-refractivity contribution >= 4 is 5.97 Å². The number of carboxylic acids is 1. The van der Waals surface area contributed by atoms with Crippen molar-refractivity contribution in [3.63, 3.8) is 0 Å². The number of hydrogen-bond donors (Lipinski definition) is 1. The predicted octanol–water partition coefficient (Wildman–Crippen LogP) is -1.66. The van der Waals surface area contributed by atoms with E-state index in [2.05, 4.69) is 6.92 Å². The summed E-state index contributed by atoms with van der Waals surface area (Å²) in [5.41, 5.74) is 0. The standard InChI is InChI=1S/C5H10O3.C2H5.Li/c1-4(2)8-3-5(6)7;1-2;/h4H,3H2,1-2H3,(H,6,7);1H2,2H3;/q;-1;+1.